The van der Waals surface area contributed by atoms with E-state index < -0.39 is 18.8 Å². The first-order valence-corrected chi connectivity index (χ1v) is 6.35. The molecular formula is C12H23FN4O3. The fraction of sp³-hybridized carbons (Fsp3) is 0.750. The van der Waals surface area contributed by atoms with Crippen molar-refractivity contribution in [1.29, 1.82) is 0 Å². The molecule has 0 aromatic rings. The van der Waals surface area contributed by atoms with Gasteiger partial charge in [0.1, 0.15) is 12.4 Å². The maximum atomic E-state index is 12.7. The van der Waals surface area contributed by atoms with Crippen molar-refractivity contribution in [2.45, 2.75) is 19.4 Å². The lowest BCUT2D eigenvalue weighted by Crippen LogP contribution is -2.50. The third-order valence-electron chi connectivity index (χ3n) is 2.73. The highest BCUT2D eigenvalue weighted by Crippen LogP contribution is 2.05. The Bertz CT molecular complexity index is 350. The summed E-state index contributed by atoms with van der Waals surface area (Å²) in [6, 6.07) is -0.489. The number of methoxy groups -OCH3 is 1. The lowest BCUT2D eigenvalue weighted by Gasteiger charge is -2.29. The first-order chi connectivity index (χ1) is 9.51. The molecule has 116 valence electrons. The van der Waals surface area contributed by atoms with Gasteiger partial charge in [-0.25, -0.2) is 4.79 Å². The highest BCUT2D eigenvalue weighted by atomic mass is 19.1. The maximum Gasteiger partial charge on any atom is 0.407 e. The summed E-state index contributed by atoms with van der Waals surface area (Å²) in [4.78, 5) is 28.3. The molecule has 1 unspecified atom stereocenters. The second-order valence-corrected chi connectivity index (χ2v) is 3.98. The second-order valence-electron chi connectivity index (χ2n) is 3.98. The molecule has 0 radical (unpaired) electrons. The van der Waals surface area contributed by atoms with Crippen LogP contribution in [0.1, 0.15) is 13.3 Å². The number of alkyl halides is 1. The fourth-order valence-electron chi connectivity index (χ4n) is 1.66. The largest absolute Gasteiger partial charge is 0.453 e. The zero-order valence-corrected chi connectivity index (χ0v) is 12.4. The molecule has 0 spiro atoms. The Morgan fingerprint density at radius 2 is 2.05 bits per heavy atom. The molecule has 0 saturated carbocycles. The average Bonchev–Trinajstić information content (AvgIpc) is 2.47. The molecule has 0 saturated heterocycles. The summed E-state index contributed by atoms with van der Waals surface area (Å²) < 4.78 is 17.0. The number of nitrogens with zero attached hydrogens (tertiary/aromatic N) is 2. The number of amidine groups is 1. The molecule has 0 aliphatic carbocycles. The summed E-state index contributed by atoms with van der Waals surface area (Å²) in [5.74, 6) is 0.187. The van der Waals surface area contributed by atoms with Crippen LogP contribution in [0.25, 0.3) is 0 Å². The summed E-state index contributed by atoms with van der Waals surface area (Å²) in [7, 11) is 4.33. The molecule has 0 bridgehead atoms. The van der Waals surface area contributed by atoms with E-state index in [-0.39, 0.29) is 18.9 Å². The van der Waals surface area contributed by atoms with Crippen LogP contribution in [0.2, 0.25) is 0 Å². The minimum absolute atomic E-state index is 0.139. The molecular weight excluding hydrogens is 267 g/mol. The van der Waals surface area contributed by atoms with Gasteiger partial charge in [0.05, 0.1) is 19.8 Å². The molecule has 2 N–H and O–H groups in total. The summed E-state index contributed by atoms with van der Waals surface area (Å²) in [5, 5.41) is 5.30. The number of hydrogen-bond donors (Lipinski definition) is 2. The van der Waals surface area contributed by atoms with Gasteiger partial charge in [-0.05, 0) is 6.92 Å². The predicted octanol–water partition coefficient (Wildman–Crippen LogP) is 0.167. The van der Waals surface area contributed by atoms with Crippen LogP contribution in [-0.2, 0) is 9.53 Å². The van der Waals surface area contributed by atoms with E-state index in [2.05, 4.69) is 20.4 Å². The van der Waals surface area contributed by atoms with Crippen molar-refractivity contribution < 1.29 is 18.7 Å². The number of halogens is 1. The van der Waals surface area contributed by atoms with E-state index in [9.17, 15) is 14.0 Å². The van der Waals surface area contributed by atoms with Crippen LogP contribution < -0.4 is 10.6 Å². The molecule has 0 heterocycles. The molecule has 8 heteroatoms. The first-order valence-electron chi connectivity index (χ1n) is 6.35. The number of amides is 2. The minimum atomic E-state index is -0.690. The van der Waals surface area contributed by atoms with Gasteiger partial charge in [-0.2, -0.15) is 0 Å². The third kappa shape index (κ3) is 5.85. The van der Waals surface area contributed by atoms with Crippen molar-refractivity contribution in [2.75, 3.05) is 41.0 Å². The number of aliphatic imine (C=N–C) groups is 1. The third-order valence-corrected chi connectivity index (χ3v) is 2.73. The predicted molar refractivity (Wildman–Crippen MR) is 74.6 cm³/mol. The average molecular weight is 290 g/mol. The number of likely N-dealkylation sites (N-methyl/N-ethyl adjacent to an activating group) is 2. The molecule has 2 amide bonds. The number of ether oxygens (including phenoxy) is 1. The summed E-state index contributed by atoms with van der Waals surface area (Å²) in [5.41, 5.74) is 0. The quantitative estimate of drug-likeness (QED) is 0.517. The Kier molecular flexibility index (Phi) is 9.06. The van der Waals surface area contributed by atoms with Crippen molar-refractivity contribution in [3.63, 3.8) is 0 Å². The number of rotatable bonds is 7. The second kappa shape index (κ2) is 9.99. The van der Waals surface area contributed by atoms with Crippen LogP contribution >= 0.6 is 0 Å². The lowest BCUT2D eigenvalue weighted by atomic mass is 10.1. The Balaban J connectivity index is 4.73. The standard InChI is InChI=1S/C12H23FN4O3/c1-5-15-11(14-2)9(6-7-13)17(3)10(18)8-16-12(19)20-4/h9H,5-8H2,1-4H3,(H,14,15)(H,16,19). The minimum Gasteiger partial charge on any atom is -0.453 e. The SMILES string of the molecule is CCNC(=NC)C(CCF)N(C)C(=O)CNC(=O)OC. The van der Waals surface area contributed by atoms with Gasteiger partial charge >= 0.3 is 6.09 Å². The smallest absolute Gasteiger partial charge is 0.407 e. The Labute approximate surface area is 118 Å². The highest BCUT2D eigenvalue weighted by molar-refractivity contribution is 5.92. The Morgan fingerprint density at radius 3 is 2.50 bits per heavy atom. The molecule has 0 fully saturated rings. The van der Waals surface area contributed by atoms with Gasteiger partial charge in [-0.3, -0.25) is 14.2 Å². The molecule has 0 aromatic heterocycles. The molecule has 1 atom stereocenters. The van der Waals surface area contributed by atoms with Crippen LogP contribution in [0.4, 0.5) is 9.18 Å². The van der Waals surface area contributed by atoms with Crippen molar-refractivity contribution in [2.24, 2.45) is 4.99 Å². The van der Waals surface area contributed by atoms with Gasteiger partial charge < -0.3 is 20.3 Å². The van der Waals surface area contributed by atoms with Gasteiger partial charge in [-0.15, -0.1) is 0 Å². The molecule has 0 rings (SSSR count). The number of carbonyl (C=O) groups is 2. The van der Waals surface area contributed by atoms with Gasteiger partial charge in [0.2, 0.25) is 5.91 Å². The summed E-state index contributed by atoms with van der Waals surface area (Å²) in [6.45, 7) is 1.72. The number of alkyl carbamates (subject to hydrolysis) is 1. The first kappa shape index (κ1) is 18.1. The van der Waals surface area contributed by atoms with E-state index in [0.717, 1.165) is 0 Å². The molecule has 20 heavy (non-hydrogen) atoms. The zero-order valence-electron chi connectivity index (χ0n) is 12.4. The van der Waals surface area contributed by atoms with E-state index in [4.69, 9.17) is 0 Å². The topological polar surface area (TPSA) is 83.0 Å². The van der Waals surface area contributed by atoms with Crippen molar-refractivity contribution >= 4 is 17.8 Å². The van der Waals surface area contributed by atoms with Crippen LogP contribution in [0.15, 0.2) is 4.99 Å². The molecule has 7 nitrogen and oxygen atoms in total. The van der Waals surface area contributed by atoms with Crippen LogP contribution in [0.5, 0.6) is 0 Å². The van der Waals surface area contributed by atoms with Gasteiger partial charge in [0, 0.05) is 27.1 Å². The normalized spacial score (nSPS) is 12.6. The summed E-state index contributed by atoms with van der Waals surface area (Å²) >= 11 is 0. The van der Waals surface area contributed by atoms with Gasteiger partial charge in [0.15, 0.2) is 0 Å². The number of carbonyl (C=O) groups excluding carboxylic acids is 2. The molecule has 0 aromatic carbocycles. The van der Waals surface area contributed by atoms with Crippen molar-refractivity contribution in [1.82, 2.24) is 15.5 Å². The lowest BCUT2D eigenvalue weighted by molar-refractivity contribution is -0.129. The Morgan fingerprint density at radius 1 is 1.40 bits per heavy atom. The van der Waals surface area contributed by atoms with E-state index in [0.29, 0.717) is 12.4 Å². The van der Waals surface area contributed by atoms with E-state index in [1.807, 2.05) is 6.92 Å². The van der Waals surface area contributed by atoms with Crippen molar-refractivity contribution in [3.05, 3.63) is 0 Å². The molecule has 0 aliphatic rings. The molecule has 0 aliphatic heterocycles. The maximum absolute atomic E-state index is 12.7. The zero-order chi connectivity index (χ0) is 15.5. The fourth-order valence-corrected chi connectivity index (χ4v) is 1.66. The van der Waals surface area contributed by atoms with Crippen molar-refractivity contribution in [3.8, 4) is 0 Å². The van der Waals surface area contributed by atoms with E-state index >= 15 is 0 Å². The number of hydrogen-bond acceptors (Lipinski definition) is 4. The number of nitrogens with one attached hydrogen (secondary N) is 2. The van der Waals surface area contributed by atoms with E-state index in [1.54, 1.807) is 14.1 Å². The monoisotopic (exact) mass is 290 g/mol. The van der Waals surface area contributed by atoms with Gasteiger partial charge in [0.25, 0.3) is 0 Å². The summed E-state index contributed by atoms with van der Waals surface area (Å²) in [6.07, 6.45) is -0.551. The highest BCUT2D eigenvalue weighted by Gasteiger charge is 2.24. The van der Waals surface area contributed by atoms with E-state index in [1.165, 1.54) is 12.0 Å². The van der Waals surface area contributed by atoms with Gasteiger partial charge in [-0.1, -0.05) is 0 Å². The Hall–Kier alpha value is -1.86. The van der Waals surface area contributed by atoms with Crippen LogP contribution in [0.3, 0.4) is 0 Å². The van der Waals surface area contributed by atoms with Crippen LogP contribution in [-0.4, -0.2) is 69.7 Å². The van der Waals surface area contributed by atoms with Crippen LogP contribution in [0, 0.1) is 0 Å².